The molecular formula is C21H24N4O4S. The lowest BCUT2D eigenvalue weighted by molar-refractivity contribution is -0.384. The van der Waals surface area contributed by atoms with Gasteiger partial charge in [-0.15, -0.1) is 0 Å². The van der Waals surface area contributed by atoms with Crippen LogP contribution in [0.15, 0.2) is 42.5 Å². The van der Waals surface area contributed by atoms with E-state index in [4.69, 9.17) is 17.0 Å². The normalized spacial score (nSPS) is 13.8. The number of thiocarbonyl (C=S) groups is 1. The molecule has 0 unspecified atom stereocenters. The van der Waals surface area contributed by atoms with Gasteiger partial charge in [0.25, 0.3) is 11.6 Å². The minimum atomic E-state index is -0.423. The lowest BCUT2D eigenvalue weighted by Crippen LogP contribution is -2.36. The molecule has 158 valence electrons. The third-order valence-corrected chi connectivity index (χ3v) is 5.05. The van der Waals surface area contributed by atoms with E-state index in [1.165, 1.54) is 6.07 Å². The topological polar surface area (TPSA) is 96.7 Å². The molecule has 1 amide bonds. The zero-order valence-electron chi connectivity index (χ0n) is 16.9. The average Bonchev–Trinajstić information content (AvgIpc) is 2.74. The minimum Gasteiger partial charge on any atom is -0.378 e. The number of hydrogen-bond acceptors (Lipinski definition) is 6. The van der Waals surface area contributed by atoms with Gasteiger partial charge >= 0.3 is 0 Å². The maximum Gasteiger partial charge on any atom is 0.294 e. The molecule has 0 spiro atoms. The van der Waals surface area contributed by atoms with Gasteiger partial charge in [0.2, 0.25) is 0 Å². The Kier molecular flexibility index (Phi) is 6.96. The number of ether oxygens (including phenoxy) is 1. The Labute approximate surface area is 180 Å². The molecule has 1 heterocycles. The van der Waals surface area contributed by atoms with Gasteiger partial charge in [0.1, 0.15) is 5.69 Å². The summed E-state index contributed by atoms with van der Waals surface area (Å²) < 4.78 is 5.31. The van der Waals surface area contributed by atoms with Crippen molar-refractivity contribution in [2.45, 2.75) is 19.8 Å². The molecule has 8 nitrogen and oxygen atoms in total. The Balaban J connectivity index is 1.67. The molecule has 0 saturated carbocycles. The van der Waals surface area contributed by atoms with E-state index in [1.807, 2.05) is 17.0 Å². The zero-order valence-corrected chi connectivity index (χ0v) is 17.7. The average molecular weight is 429 g/mol. The van der Waals surface area contributed by atoms with E-state index >= 15 is 0 Å². The summed E-state index contributed by atoms with van der Waals surface area (Å²) in [6, 6.07) is 12.1. The molecule has 2 aromatic rings. The number of morpholine rings is 1. The number of nitrogens with zero attached hydrogens (tertiary/aromatic N) is 2. The van der Waals surface area contributed by atoms with Gasteiger partial charge in [-0.1, -0.05) is 26.0 Å². The third-order valence-electron chi connectivity index (χ3n) is 4.85. The lowest BCUT2D eigenvalue weighted by Gasteiger charge is -2.28. The molecule has 0 atom stereocenters. The Morgan fingerprint density at radius 1 is 1.17 bits per heavy atom. The predicted molar refractivity (Wildman–Crippen MR) is 120 cm³/mol. The number of nitro benzene ring substituents is 1. The van der Waals surface area contributed by atoms with Crippen LogP contribution in [0.5, 0.6) is 0 Å². The first-order valence-electron chi connectivity index (χ1n) is 9.68. The van der Waals surface area contributed by atoms with E-state index < -0.39 is 4.92 Å². The molecule has 0 radical (unpaired) electrons. The first-order valence-corrected chi connectivity index (χ1v) is 10.1. The van der Waals surface area contributed by atoms with Crippen LogP contribution in [-0.2, 0) is 4.74 Å². The smallest absolute Gasteiger partial charge is 0.294 e. The molecule has 0 aliphatic carbocycles. The SMILES string of the molecule is CC(C)c1ccc(C(=O)NC(=S)Nc2ccc(N3CCOCC3)c([N+](=O)[O-])c2)cc1. The number of anilines is 2. The van der Waals surface area contributed by atoms with Crippen molar-refractivity contribution in [1.82, 2.24) is 5.32 Å². The van der Waals surface area contributed by atoms with Crippen molar-refractivity contribution in [3.63, 3.8) is 0 Å². The Morgan fingerprint density at radius 3 is 2.43 bits per heavy atom. The van der Waals surface area contributed by atoms with Crippen LogP contribution >= 0.6 is 12.2 Å². The molecule has 1 aliphatic rings. The van der Waals surface area contributed by atoms with E-state index in [2.05, 4.69) is 24.5 Å². The van der Waals surface area contributed by atoms with Gasteiger partial charge in [-0.2, -0.15) is 0 Å². The van der Waals surface area contributed by atoms with Crippen molar-refractivity contribution in [3.05, 3.63) is 63.7 Å². The van der Waals surface area contributed by atoms with Crippen LogP contribution in [0.1, 0.15) is 35.7 Å². The van der Waals surface area contributed by atoms with Crippen molar-refractivity contribution in [2.24, 2.45) is 0 Å². The van der Waals surface area contributed by atoms with Crippen LogP contribution in [0.25, 0.3) is 0 Å². The highest BCUT2D eigenvalue weighted by Crippen LogP contribution is 2.31. The van der Waals surface area contributed by atoms with Crippen molar-refractivity contribution in [2.75, 3.05) is 36.5 Å². The molecule has 0 bridgehead atoms. The number of carbonyl (C=O) groups excluding carboxylic acids is 1. The van der Waals surface area contributed by atoms with Crippen molar-refractivity contribution in [1.29, 1.82) is 0 Å². The molecular weight excluding hydrogens is 404 g/mol. The number of benzene rings is 2. The second-order valence-corrected chi connectivity index (χ2v) is 7.65. The van der Waals surface area contributed by atoms with Crippen molar-refractivity contribution >= 4 is 40.3 Å². The largest absolute Gasteiger partial charge is 0.378 e. The molecule has 2 aromatic carbocycles. The van der Waals surface area contributed by atoms with Crippen LogP contribution in [0.4, 0.5) is 17.1 Å². The van der Waals surface area contributed by atoms with Crippen molar-refractivity contribution in [3.8, 4) is 0 Å². The second kappa shape index (κ2) is 9.64. The van der Waals surface area contributed by atoms with E-state index in [0.29, 0.717) is 49.2 Å². The summed E-state index contributed by atoms with van der Waals surface area (Å²) in [5.74, 6) is 0.0309. The molecule has 3 rings (SSSR count). The standard InChI is InChI=1S/C21H24N4O4S/c1-14(2)15-3-5-16(6-4-15)20(26)23-21(30)22-17-7-8-18(19(13-17)25(27)28)24-9-11-29-12-10-24/h3-8,13-14H,9-12H2,1-2H3,(H2,22,23,26,30). The van der Waals surface area contributed by atoms with Crippen LogP contribution < -0.4 is 15.5 Å². The summed E-state index contributed by atoms with van der Waals surface area (Å²) in [4.78, 5) is 25.5. The molecule has 2 N–H and O–H groups in total. The highest BCUT2D eigenvalue weighted by Gasteiger charge is 2.22. The maximum absolute atomic E-state index is 12.4. The fourth-order valence-corrected chi connectivity index (χ4v) is 3.39. The fraction of sp³-hybridized carbons (Fsp3) is 0.333. The summed E-state index contributed by atoms with van der Waals surface area (Å²) in [6.45, 7) is 6.42. The van der Waals surface area contributed by atoms with Crippen LogP contribution in [0.2, 0.25) is 0 Å². The van der Waals surface area contributed by atoms with Gasteiger partial charge in [-0.25, -0.2) is 0 Å². The molecule has 1 fully saturated rings. The van der Waals surface area contributed by atoms with E-state index in [-0.39, 0.29) is 16.7 Å². The first kappa shape index (κ1) is 21.7. The quantitative estimate of drug-likeness (QED) is 0.426. The summed E-state index contributed by atoms with van der Waals surface area (Å²) in [6.07, 6.45) is 0. The summed E-state index contributed by atoms with van der Waals surface area (Å²) in [7, 11) is 0. The van der Waals surface area contributed by atoms with E-state index in [9.17, 15) is 14.9 Å². The number of rotatable bonds is 5. The van der Waals surface area contributed by atoms with Gasteiger partial charge in [0.15, 0.2) is 5.11 Å². The number of nitrogens with one attached hydrogen (secondary N) is 2. The Bertz CT molecular complexity index is 941. The highest BCUT2D eigenvalue weighted by molar-refractivity contribution is 7.80. The minimum absolute atomic E-state index is 0.0275. The first-order chi connectivity index (χ1) is 14.3. The van der Waals surface area contributed by atoms with Gasteiger partial charge in [-0.05, 0) is 48.0 Å². The number of nitro groups is 1. The van der Waals surface area contributed by atoms with Gasteiger partial charge < -0.3 is 15.0 Å². The van der Waals surface area contributed by atoms with Gasteiger partial charge in [-0.3, -0.25) is 20.2 Å². The fourth-order valence-electron chi connectivity index (χ4n) is 3.18. The summed E-state index contributed by atoms with van der Waals surface area (Å²) >= 11 is 5.21. The molecule has 1 aliphatic heterocycles. The molecule has 0 aromatic heterocycles. The monoisotopic (exact) mass is 428 g/mol. The van der Waals surface area contributed by atoms with Crippen LogP contribution in [0.3, 0.4) is 0 Å². The van der Waals surface area contributed by atoms with E-state index in [1.54, 1.807) is 24.3 Å². The van der Waals surface area contributed by atoms with E-state index in [0.717, 1.165) is 5.56 Å². The highest BCUT2D eigenvalue weighted by atomic mass is 32.1. The summed E-state index contributed by atoms with van der Waals surface area (Å²) in [5, 5.41) is 17.1. The number of hydrogen-bond donors (Lipinski definition) is 2. The predicted octanol–water partition coefficient (Wildman–Crippen LogP) is 3.68. The van der Waals surface area contributed by atoms with Gasteiger partial charge in [0.05, 0.1) is 18.1 Å². The second-order valence-electron chi connectivity index (χ2n) is 7.24. The Morgan fingerprint density at radius 2 is 1.83 bits per heavy atom. The number of carbonyl (C=O) groups is 1. The maximum atomic E-state index is 12.4. The van der Waals surface area contributed by atoms with Crippen LogP contribution in [0, 0.1) is 10.1 Å². The molecule has 9 heteroatoms. The third kappa shape index (κ3) is 5.31. The van der Waals surface area contributed by atoms with Gasteiger partial charge in [0, 0.05) is 30.4 Å². The molecule has 1 saturated heterocycles. The number of amides is 1. The zero-order chi connectivity index (χ0) is 21.7. The van der Waals surface area contributed by atoms with Crippen molar-refractivity contribution < 1.29 is 14.5 Å². The Hall–Kier alpha value is -3.04. The molecule has 30 heavy (non-hydrogen) atoms. The van der Waals surface area contributed by atoms with Crippen LogP contribution in [-0.4, -0.2) is 42.2 Å². The summed E-state index contributed by atoms with van der Waals surface area (Å²) in [5.41, 5.74) is 2.56. The lowest BCUT2D eigenvalue weighted by atomic mass is 10.0.